The van der Waals surface area contributed by atoms with Crippen molar-refractivity contribution in [2.75, 3.05) is 6.61 Å². The van der Waals surface area contributed by atoms with Gasteiger partial charge < -0.3 is 15.9 Å². The van der Waals surface area contributed by atoms with Gasteiger partial charge in [-0.1, -0.05) is 78.1 Å². The van der Waals surface area contributed by atoms with E-state index in [-0.39, 0.29) is 0 Å². The van der Waals surface area contributed by atoms with Crippen molar-refractivity contribution in [3.63, 3.8) is 0 Å². The molecule has 0 fully saturated rings. The molecule has 0 aliphatic heterocycles. The summed E-state index contributed by atoms with van der Waals surface area (Å²) in [5.74, 6) is -0.452. The van der Waals surface area contributed by atoms with Gasteiger partial charge >= 0.3 is 42.8 Å². The van der Waals surface area contributed by atoms with Crippen LogP contribution in [0.1, 0.15) is 91.4 Å². The standard InChI is InChI=1S/C19H35O3.3ClH.Ta/c1-4-7-8-9-10-11-12-13-15-17(18(20)14-5-2)16-19(21)22-6-3;;;;/h18,20H,4-15H2,1-3H3;3*1H;/q-1;;;;+3/p-3. The molecule has 1 N–H and O–H groups in total. The number of hydrogen-bond acceptors (Lipinski definition) is 3. The van der Waals surface area contributed by atoms with Crippen LogP contribution < -0.4 is 0 Å². The summed E-state index contributed by atoms with van der Waals surface area (Å²) in [4.78, 5) is 11.5. The normalized spacial score (nSPS) is 12.5. The molecule has 0 saturated heterocycles. The number of aliphatic hydroxyl groups excluding tert-OH is 1. The summed E-state index contributed by atoms with van der Waals surface area (Å²) in [6, 6.07) is 0. The second kappa shape index (κ2) is 22.1. The summed E-state index contributed by atoms with van der Waals surface area (Å²) in [6.07, 6.45) is 14.5. The fraction of sp³-hybridized carbons (Fsp3) is 0.842. The van der Waals surface area contributed by atoms with E-state index in [0.29, 0.717) is 18.6 Å². The molecule has 1 atom stereocenters. The molecule has 0 heterocycles. The van der Waals surface area contributed by atoms with Crippen molar-refractivity contribution in [3.8, 4) is 0 Å². The fourth-order valence-electron chi connectivity index (χ4n) is 2.51. The van der Waals surface area contributed by atoms with Crippen molar-refractivity contribution in [1.29, 1.82) is 0 Å². The summed E-state index contributed by atoms with van der Waals surface area (Å²) in [7, 11) is 15.0. The Morgan fingerprint density at radius 2 is 1.46 bits per heavy atom. The van der Waals surface area contributed by atoms with Gasteiger partial charge in [0.05, 0.1) is 6.61 Å². The SMILES string of the molecule is CCCCCCCCCCC(=[C-]C(=O)OCC)C(O)CCC.[Cl][Ta]([Cl])[Cl]. The first-order chi connectivity index (χ1) is 12.4. The van der Waals surface area contributed by atoms with Crippen molar-refractivity contribution < 1.29 is 29.8 Å². The Kier molecular flexibility index (Phi) is 24.6. The van der Waals surface area contributed by atoms with Gasteiger partial charge in [-0.25, -0.2) is 5.57 Å². The molecule has 0 bridgehead atoms. The third-order valence-electron chi connectivity index (χ3n) is 3.80. The number of esters is 1. The molecular weight excluding hydrogens is 564 g/mol. The summed E-state index contributed by atoms with van der Waals surface area (Å²) >= 11 is -2.18. The Labute approximate surface area is 178 Å². The fourth-order valence-corrected chi connectivity index (χ4v) is 2.51. The van der Waals surface area contributed by atoms with Crippen LogP contribution in [0.4, 0.5) is 0 Å². The van der Waals surface area contributed by atoms with Crippen molar-refractivity contribution in [3.05, 3.63) is 11.6 Å². The van der Waals surface area contributed by atoms with Crippen LogP contribution in [0.25, 0.3) is 0 Å². The average molecular weight is 599 g/mol. The van der Waals surface area contributed by atoms with Crippen molar-refractivity contribution >= 4 is 33.5 Å². The number of carbonyl (C=O) groups is 1. The van der Waals surface area contributed by atoms with Crippen LogP contribution in [-0.4, -0.2) is 23.8 Å². The van der Waals surface area contributed by atoms with Crippen LogP contribution >= 0.6 is 27.6 Å². The van der Waals surface area contributed by atoms with Gasteiger partial charge in [-0.15, -0.1) is 0 Å². The molecule has 0 aromatic rings. The van der Waals surface area contributed by atoms with Gasteiger partial charge in [0.2, 0.25) is 0 Å². The van der Waals surface area contributed by atoms with Gasteiger partial charge in [-0.2, -0.15) is 0 Å². The minimum atomic E-state index is -2.18. The van der Waals surface area contributed by atoms with E-state index in [4.69, 9.17) is 32.3 Å². The molecule has 26 heavy (non-hydrogen) atoms. The van der Waals surface area contributed by atoms with Gasteiger partial charge in [0.25, 0.3) is 0 Å². The van der Waals surface area contributed by atoms with E-state index in [9.17, 15) is 9.90 Å². The number of halogens is 3. The van der Waals surface area contributed by atoms with Gasteiger partial charge in [0.15, 0.2) is 0 Å². The monoisotopic (exact) mass is 597 g/mol. The van der Waals surface area contributed by atoms with Crippen LogP contribution in [0.3, 0.4) is 0 Å². The van der Waals surface area contributed by atoms with E-state index < -0.39 is 27.3 Å². The summed E-state index contributed by atoms with van der Waals surface area (Å²) in [5, 5.41) is 10.1. The maximum absolute atomic E-state index is 11.5. The van der Waals surface area contributed by atoms with E-state index in [1.165, 1.54) is 38.5 Å². The molecule has 0 aromatic heterocycles. The number of hydrogen-bond donors (Lipinski definition) is 1. The predicted molar refractivity (Wildman–Crippen MR) is 109 cm³/mol. The number of unbranched alkanes of at least 4 members (excludes halogenated alkanes) is 7. The number of carbonyl (C=O) groups excluding carboxylic acids is 1. The minimum absolute atomic E-state index is 0.348. The molecule has 3 nitrogen and oxygen atoms in total. The number of aliphatic hydroxyl groups is 1. The Balaban J connectivity index is 0. The van der Waals surface area contributed by atoms with E-state index in [0.717, 1.165) is 25.7 Å². The molecule has 0 spiro atoms. The average Bonchev–Trinajstić information content (AvgIpc) is 2.56. The van der Waals surface area contributed by atoms with E-state index in [2.05, 4.69) is 13.0 Å². The van der Waals surface area contributed by atoms with Crippen molar-refractivity contribution in [2.24, 2.45) is 0 Å². The topological polar surface area (TPSA) is 46.5 Å². The zero-order chi connectivity index (χ0) is 20.2. The van der Waals surface area contributed by atoms with Crippen LogP contribution in [0.5, 0.6) is 0 Å². The summed E-state index contributed by atoms with van der Waals surface area (Å²) in [5.41, 5.74) is 0.714. The molecule has 7 heteroatoms. The predicted octanol–water partition coefficient (Wildman–Crippen LogP) is 7.04. The third kappa shape index (κ3) is 22.8. The quantitative estimate of drug-likeness (QED) is 0.101. The Bertz CT molecular complexity index is 350. The summed E-state index contributed by atoms with van der Waals surface area (Å²) < 4.78 is 4.90. The molecule has 156 valence electrons. The van der Waals surface area contributed by atoms with Gasteiger partial charge in [-0.05, 0) is 13.3 Å². The first-order valence-corrected chi connectivity index (χ1v) is 21.6. The zero-order valence-corrected chi connectivity index (χ0v) is 21.9. The van der Waals surface area contributed by atoms with Crippen molar-refractivity contribution in [1.82, 2.24) is 0 Å². The first kappa shape index (κ1) is 29.0. The Morgan fingerprint density at radius 3 is 1.92 bits per heavy atom. The van der Waals surface area contributed by atoms with Crippen LogP contribution in [0.15, 0.2) is 5.57 Å². The Morgan fingerprint density at radius 1 is 0.962 bits per heavy atom. The second-order valence-corrected chi connectivity index (χ2v) is 20.0. The maximum atomic E-state index is 11.5. The molecule has 0 aromatic carbocycles. The number of ether oxygens (including phenoxy) is 1. The molecule has 1 unspecified atom stereocenters. The second-order valence-electron chi connectivity index (χ2n) is 6.09. The zero-order valence-electron chi connectivity index (χ0n) is 16.4. The van der Waals surface area contributed by atoms with Crippen LogP contribution in [-0.2, 0) is 24.7 Å². The number of rotatable bonds is 14. The first-order valence-electron chi connectivity index (χ1n) is 9.63. The molecular formula is C19H35Cl3O3Ta-. The van der Waals surface area contributed by atoms with Crippen LogP contribution in [0.2, 0.25) is 0 Å². The molecule has 0 saturated carbocycles. The van der Waals surface area contributed by atoms with E-state index >= 15 is 0 Å². The van der Waals surface area contributed by atoms with Gasteiger partial charge in [0.1, 0.15) is 5.97 Å². The summed E-state index contributed by atoms with van der Waals surface area (Å²) in [6.45, 7) is 6.39. The molecule has 0 aliphatic rings. The molecule has 0 radical (unpaired) electrons. The molecule has 0 amide bonds. The van der Waals surface area contributed by atoms with Gasteiger partial charge in [-0.3, -0.25) is 4.79 Å². The Hall–Kier alpha value is 0.780. The molecule has 0 rings (SSSR count). The third-order valence-corrected chi connectivity index (χ3v) is 3.80. The van der Waals surface area contributed by atoms with Gasteiger partial charge in [0, 0.05) is 6.10 Å². The molecule has 0 aliphatic carbocycles. The van der Waals surface area contributed by atoms with Crippen LogP contribution in [0, 0.1) is 6.08 Å². The van der Waals surface area contributed by atoms with Crippen molar-refractivity contribution in [2.45, 2.75) is 97.5 Å². The van der Waals surface area contributed by atoms with E-state index in [1.54, 1.807) is 6.92 Å². The van der Waals surface area contributed by atoms with E-state index in [1.807, 2.05) is 6.92 Å².